The third kappa shape index (κ3) is 4.22. The fraction of sp³-hybridized carbons (Fsp3) is 0.312. The number of rotatable bonds is 4. The third-order valence-corrected chi connectivity index (χ3v) is 4.94. The van der Waals surface area contributed by atoms with Gasteiger partial charge in [0, 0.05) is 5.92 Å². The minimum atomic E-state index is -4.28. The quantitative estimate of drug-likeness (QED) is 0.158. The number of ketones is 2. The number of benzene rings is 1. The van der Waals surface area contributed by atoms with Crippen LogP contribution < -0.4 is 0 Å². The number of carbonyl (C=O) groups excluding carboxylic acids is 2. The van der Waals surface area contributed by atoms with Crippen LogP contribution in [0.2, 0.25) is 0 Å². The molecule has 1 saturated carbocycles. The molecule has 1 aliphatic rings. The van der Waals surface area contributed by atoms with Crippen molar-refractivity contribution in [1.82, 2.24) is 0 Å². The van der Waals surface area contributed by atoms with Gasteiger partial charge in [-0.3, -0.25) is 9.59 Å². The molecule has 0 N–H and O–H groups in total. The molecule has 2 rings (SSSR count). The summed E-state index contributed by atoms with van der Waals surface area (Å²) in [6, 6.07) is 5.72. The monoisotopic (exact) mass is 330 g/mol. The van der Waals surface area contributed by atoms with Gasteiger partial charge in [-0.2, -0.15) is 0 Å². The Kier molecular flexibility index (Phi) is 4.89. The fourth-order valence-corrected chi connectivity index (χ4v) is 2.96. The molecule has 1 aromatic carbocycles. The summed E-state index contributed by atoms with van der Waals surface area (Å²) in [5.74, 6) is 3.42. The number of hydrogen-bond donors (Lipinski definition) is 0. The SMILES string of the molecule is Cc1ccc(S(=O)(=O)C(=[N+]=[N-])C(=O)CC(=O)C#CC2CC2)cc1. The summed E-state index contributed by atoms with van der Waals surface area (Å²) in [4.78, 5) is 26.0. The Morgan fingerprint density at radius 3 is 2.39 bits per heavy atom. The molecule has 0 unspecified atom stereocenters. The van der Waals surface area contributed by atoms with Crippen molar-refractivity contribution in [2.24, 2.45) is 5.92 Å². The van der Waals surface area contributed by atoms with Crippen LogP contribution in [0.1, 0.15) is 24.8 Å². The number of aryl methyl sites for hydroxylation is 1. The molecule has 0 bridgehead atoms. The van der Waals surface area contributed by atoms with Crippen LogP contribution >= 0.6 is 0 Å². The molecular weight excluding hydrogens is 316 g/mol. The molecular formula is C16H14N2O4S. The van der Waals surface area contributed by atoms with Gasteiger partial charge in [-0.15, -0.1) is 4.79 Å². The molecule has 0 aliphatic heterocycles. The highest BCUT2D eigenvalue weighted by molar-refractivity contribution is 8.08. The molecule has 1 aromatic rings. The Hall–Kier alpha value is -2.55. The molecule has 0 radical (unpaired) electrons. The Labute approximate surface area is 134 Å². The average Bonchev–Trinajstić information content (AvgIpc) is 3.30. The summed E-state index contributed by atoms with van der Waals surface area (Å²) in [7, 11) is -4.28. The number of nitrogens with zero attached hydrogens (tertiary/aromatic N) is 2. The van der Waals surface area contributed by atoms with Crippen molar-refractivity contribution in [1.29, 1.82) is 0 Å². The van der Waals surface area contributed by atoms with Gasteiger partial charge in [0.1, 0.15) is 0 Å². The summed E-state index contributed by atoms with van der Waals surface area (Å²) in [6.07, 6.45) is 1.13. The van der Waals surface area contributed by atoms with Crippen molar-refractivity contribution < 1.29 is 22.8 Å². The lowest BCUT2D eigenvalue weighted by Crippen LogP contribution is -2.27. The van der Waals surface area contributed by atoms with Gasteiger partial charge in [0.25, 0.3) is 15.6 Å². The number of sulfone groups is 1. The minimum Gasteiger partial charge on any atom is -0.360 e. The van der Waals surface area contributed by atoms with Gasteiger partial charge in [-0.1, -0.05) is 23.6 Å². The van der Waals surface area contributed by atoms with E-state index in [-0.39, 0.29) is 10.8 Å². The van der Waals surface area contributed by atoms with E-state index in [0.29, 0.717) is 0 Å². The van der Waals surface area contributed by atoms with E-state index in [2.05, 4.69) is 16.6 Å². The molecule has 1 aliphatic carbocycles. The lowest BCUT2D eigenvalue weighted by Gasteiger charge is -2.00. The van der Waals surface area contributed by atoms with Crippen molar-refractivity contribution in [2.45, 2.75) is 31.1 Å². The first kappa shape index (κ1) is 16.8. The zero-order valence-electron chi connectivity index (χ0n) is 12.4. The number of Topliss-reactive ketones (excluding diaryl/α,β-unsaturated/α-hetero) is 2. The smallest absolute Gasteiger partial charge is 0.360 e. The van der Waals surface area contributed by atoms with Gasteiger partial charge in [0.15, 0.2) is 0 Å². The first-order valence-electron chi connectivity index (χ1n) is 6.96. The molecule has 0 amide bonds. The minimum absolute atomic E-state index is 0.180. The Balaban J connectivity index is 2.19. The third-order valence-electron chi connectivity index (χ3n) is 3.23. The van der Waals surface area contributed by atoms with Crippen LogP contribution in [0.25, 0.3) is 5.53 Å². The van der Waals surface area contributed by atoms with Crippen molar-refractivity contribution in [3.05, 3.63) is 35.4 Å². The zero-order chi connectivity index (χ0) is 17.0. The average molecular weight is 330 g/mol. The van der Waals surface area contributed by atoms with Gasteiger partial charge in [-0.25, -0.2) is 8.42 Å². The van der Waals surface area contributed by atoms with Crippen LogP contribution in [0.15, 0.2) is 29.2 Å². The van der Waals surface area contributed by atoms with E-state index in [4.69, 9.17) is 5.53 Å². The Morgan fingerprint density at radius 1 is 1.26 bits per heavy atom. The maximum Gasteiger partial charge on any atom is 0.452 e. The molecule has 1 fully saturated rings. The second-order valence-corrected chi connectivity index (χ2v) is 7.15. The summed E-state index contributed by atoms with van der Waals surface area (Å²) in [5, 5.41) is -1.05. The lowest BCUT2D eigenvalue weighted by molar-refractivity contribution is -0.122. The lowest BCUT2D eigenvalue weighted by atomic mass is 10.2. The standard InChI is InChI=1S/C16H14N2O4S/c1-11-2-8-14(9-3-11)23(21,22)16(18-17)15(20)10-13(19)7-6-12-4-5-12/h2-3,8-9,12H,4-5,10H2,1H3. The summed E-state index contributed by atoms with van der Waals surface area (Å²) in [5.41, 5.74) is 9.77. The van der Waals surface area contributed by atoms with E-state index in [1.165, 1.54) is 12.1 Å². The number of hydrogen-bond acceptors (Lipinski definition) is 4. The van der Waals surface area contributed by atoms with E-state index in [1.807, 2.05) is 0 Å². The molecule has 6 nitrogen and oxygen atoms in total. The molecule has 0 spiro atoms. The highest BCUT2D eigenvalue weighted by atomic mass is 32.2. The Morgan fingerprint density at radius 2 is 1.87 bits per heavy atom. The topological polar surface area (TPSA) is 105 Å². The van der Waals surface area contributed by atoms with Crippen molar-refractivity contribution in [3.8, 4) is 11.8 Å². The van der Waals surface area contributed by atoms with E-state index >= 15 is 0 Å². The molecule has 0 saturated heterocycles. The van der Waals surface area contributed by atoms with Crippen LogP contribution in [0.4, 0.5) is 0 Å². The van der Waals surface area contributed by atoms with Crippen LogP contribution in [-0.2, 0) is 19.4 Å². The van der Waals surface area contributed by atoms with E-state index in [0.717, 1.165) is 18.4 Å². The zero-order valence-corrected chi connectivity index (χ0v) is 13.3. The summed E-state index contributed by atoms with van der Waals surface area (Å²) >= 11 is 0. The van der Waals surface area contributed by atoms with Gasteiger partial charge >= 0.3 is 5.04 Å². The second kappa shape index (κ2) is 6.69. The van der Waals surface area contributed by atoms with Crippen molar-refractivity contribution in [3.63, 3.8) is 0 Å². The molecule has 118 valence electrons. The molecule has 23 heavy (non-hydrogen) atoms. The first-order valence-corrected chi connectivity index (χ1v) is 8.44. The van der Waals surface area contributed by atoms with E-state index < -0.39 is 32.9 Å². The largest absolute Gasteiger partial charge is 0.452 e. The molecule has 7 heteroatoms. The predicted octanol–water partition coefficient (Wildman–Crippen LogP) is 1.34. The van der Waals surface area contributed by atoms with Crippen LogP contribution in [-0.4, -0.2) is 29.8 Å². The highest BCUT2D eigenvalue weighted by Crippen LogP contribution is 2.27. The molecule has 0 heterocycles. The summed E-state index contributed by atoms with van der Waals surface area (Å²) in [6.45, 7) is 1.78. The Bertz CT molecular complexity index is 863. The van der Waals surface area contributed by atoms with Crippen molar-refractivity contribution in [2.75, 3.05) is 0 Å². The normalized spacial score (nSPS) is 13.4. The maximum atomic E-state index is 12.3. The first-order chi connectivity index (χ1) is 10.8. The van der Waals surface area contributed by atoms with Crippen molar-refractivity contribution >= 4 is 26.4 Å². The maximum absolute atomic E-state index is 12.3. The van der Waals surface area contributed by atoms with Crippen LogP contribution in [0.3, 0.4) is 0 Å². The molecule has 0 atom stereocenters. The molecule has 0 aromatic heterocycles. The summed E-state index contributed by atoms with van der Waals surface area (Å²) < 4.78 is 24.6. The van der Waals surface area contributed by atoms with Crippen LogP contribution in [0.5, 0.6) is 0 Å². The van der Waals surface area contributed by atoms with Gasteiger partial charge in [0.2, 0.25) is 5.78 Å². The highest BCUT2D eigenvalue weighted by Gasteiger charge is 2.38. The second-order valence-electron chi connectivity index (χ2n) is 5.29. The van der Waals surface area contributed by atoms with Crippen LogP contribution in [0, 0.1) is 24.7 Å². The van der Waals surface area contributed by atoms with Gasteiger partial charge in [0.05, 0.1) is 11.3 Å². The fourth-order valence-electron chi connectivity index (χ4n) is 1.76. The van der Waals surface area contributed by atoms with E-state index in [1.54, 1.807) is 19.1 Å². The number of carbonyl (C=O) groups is 2. The van der Waals surface area contributed by atoms with Gasteiger partial charge in [-0.05, 0) is 37.8 Å². The van der Waals surface area contributed by atoms with Gasteiger partial charge < -0.3 is 5.53 Å². The predicted molar refractivity (Wildman–Crippen MR) is 82.1 cm³/mol. The van der Waals surface area contributed by atoms with E-state index in [9.17, 15) is 18.0 Å².